The predicted molar refractivity (Wildman–Crippen MR) is 123 cm³/mol. The fourth-order valence-electron chi connectivity index (χ4n) is 2.54. The van der Waals surface area contributed by atoms with E-state index in [4.69, 9.17) is 9.47 Å². The molecule has 1 atom stereocenters. The highest BCUT2D eigenvalue weighted by Gasteiger charge is 2.18. The van der Waals surface area contributed by atoms with Gasteiger partial charge in [-0.3, -0.25) is 10.1 Å². The van der Waals surface area contributed by atoms with Crippen LogP contribution in [0.2, 0.25) is 0 Å². The van der Waals surface area contributed by atoms with Gasteiger partial charge in [0.15, 0.2) is 11.2 Å². The van der Waals surface area contributed by atoms with Crippen LogP contribution in [0, 0.1) is 0 Å². The van der Waals surface area contributed by atoms with E-state index in [1.54, 1.807) is 24.3 Å². The van der Waals surface area contributed by atoms with E-state index in [2.05, 4.69) is 16.9 Å². The van der Waals surface area contributed by atoms with Crippen LogP contribution in [0.4, 0.5) is 5.13 Å². The van der Waals surface area contributed by atoms with Gasteiger partial charge in [0, 0.05) is 17.0 Å². The maximum absolute atomic E-state index is 12.3. The summed E-state index contributed by atoms with van der Waals surface area (Å²) >= 11 is 1.31. The highest BCUT2D eigenvalue weighted by atomic mass is 32.1. The van der Waals surface area contributed by atoms with Crippen LogP contribution in [-0.4, -0.2) is 29.6 Å². The maximum Gasteiger partial charge on any atom is 0.331 e. The van der Waals surface area contributed by atoms with Gasteiger partial charge in [0.2, 0.25) is 0 Å². The van der Waals surface area contributed by atoms with Crippen molar-refractivity contribution >= 4 is 34.4 Å². The summed E-state index contributed by atoms with van der Waals surface area (Å²) in [6, 6.07) is 16.9. The van der Waals surface area contributed by atoms with Crippen molar-refractivity contribution < 1.29 is 19.1 Å². The summed E-state index contributed by atoms with van der Waals surface area (Å²) in [5.41, 5.74) is 2.54. The van der Waals surface area contributed by atoms with E-state index in [-0.39, 0.29) is 0 Å². The largest absolute Gasteiger partial charge is 0.490 e. The predicted octanol–water partition coefficient (Wildman–Crippen LogP) is 4.96. The first-order valence-electron chi connectivity index (χ1n) is 9.59. The molecule has 0 spiro atoms. The normalized spacial score (nSPS) is 11.6. The molecule has 1 N–H and O–H groups in total. The minimum absolute atomic E-state index is 0.427. The van der Waals surface area contributed by atoms with Crippen molar-refractivity contribution in [2.75, 3.05) is 11.9 Å². The Kier molecular flexibility index (Phi) is 7.73. The lowest BCUT2D eigenvalue weighted by Crippen LogP contribution is -2.29. The first-order chi connectivity index (χ1) is 15.0. The molecule has 0 radical (unpaired) electrons. The number of aromatic nitrogens is 1. The van der Waals surface area contributed by atoms with Crippen LogP contribution in [0.15, 0.2) is 78.7 Å². The molecule has 1 unspecified atom stereocenters. The van der Waals surface area contributed by atoms with Crippen molar-refractivity contribution in [1.29, 1.82) is 0 Å². The van der Waals surface area contributed by atoms with Gasteiger partial charge < -0.3 is 9.47 Å². The number of hydrogen-bond donors (Lipinski definition) is 1. The zero-order valence-corrected chi connectivity index (χ0v) is 17.8. The van der Waals surface area contributed by atoms with Crippen LogP contribution >= 0.6 is 11.3 Å². The van der Waals surface area contributed by atoms with Gasteiger partial charge in [-0.1, -0.05) is 55.1 Å². The summed E-state index contributed by atoms with van der Waals surface area (Å²) in [4.78, 5) is 28.8. The van der Waals surface area contributed by atoms with Gasteiger partial charge in [0.1, 0.15) is 12.4 Å². The highest BCUT2D eigenvalue weighted by molar-refractivity contribution is 7.14. The van der Waals surface area contributed by atoms with Crippen LogP contribution in [-0.2, 0) is 14.3 Å². The van der Waals surface area contributed by atoms with Gasteiger partial charge in [-0.25, -0.2) is 9.78 Å². The first-order valence-corrected chi connectivity index (χ1v) is 10.5. The number of benzene rings is 2. The molecule has 31 heavy (non-hydrogen) atoms. The number of esters is 1. The number of nitrogens with zero attached hydrogens (tertiary/aromatic N) is 1. The number of amides is 1. The topological polar surface area (TPSA) is 77.5 Å². The average Bonchev–Trinajstić information content (AvgIpc) is 3.26. The van der Waals surface area contributed by atoms with Crippen molar-refractivity contribution in [3.63, 3.8) is 0 Å². The van der Waals surface area contributed by atoms with E-state index >= 15 is 0 Å². The molecule has 0 fully saturated rings. The van der Waals surface area contributed by atoms with E-state index in [0.717, 1.165) is 16.8 Å². The maximum atomic E-state index is 12.3. The molecule has 0 aliphatic carbocycles. The van der Waals surface area contributed by atoms with Gasteiger partial charge in [-0.2, -0.15) is 0 Å². The SMILES string of the molecule is C=CCOc1ccc(/C=C/C(=O)OC(C)C(=O)Nc2nc(-c3ccccc3)cs2)cc1. The molecule has 0 aliphatic heterocycles. The fourth-order valence-corrected chi connectivity index (χ4v) is 3.26. The minimum atomic E-state index is -0.962. The van der Waals surface area contributed by atoms with E-state index in [1.807, 2.05) is 47.8 Å². The second-order valence-electron chi connectivity index (χ2n) is 6.47. The van der Waals surface area contributed by atoms with E-state index in [1.165, 1.54) is 24.3 Å². The van der Waals surface area contributed by atoms with Gasteiger partial charge in [0.05, 0.1) is 5.69 Å². The number of carbonyl (C=O) groups is 2. The fraction of sp³-hybridized carbons (Fsp3) is 0.125. The Balaban J connectivity index is 1.50. The number of hydrogen-bond acceptors (Lipinski definition) is 6. The van der Waals surface area contributed by atoms with Crippen molar-refractivity contribution in [2.24, 2.45) is 0 Å². The van der Waals surface area contributed by atoms with Crippen LogP contribution in [0.25, 0.3) is 17.3 Å². The number of anilines is 1. The molecule has 0 saturated heterocycles. The molecule has 7 heteroatoms. The third-order valence-corrected chi connectivity index (χ3v) is 4.88. The Bertz CT molecular complexity index is 1060. The molecule has 2 aromatic carbocycles. The summed E-state index contributed by atoms with van der Waals surface area (Å²) in [5, 5.41) is 4.98. The van der Waals surface area contributed by atoms with Crippen molar-refractivity contribution in [1.82, 2.24) is 4.98 Å². The Morgan fingerprint density at radius 2 is 1.90 bits per heavy atom. The summed E-state index contributed by atoms with van der Waals surface area (Å²) < 4.78 is 10.6. The Labute approximate surface area is 184 Å². The third kappa shape index (κ3) is 6.65. The molecule has 0 aliphatic rings. The highest BCUT2D eigenvalue weighted by Crippen LogP contribution is 2.24. The van der Waals surface area contributed by atoms with Crippen LogP contribution < -0.4 is 10.1 Å². The molecule has 158 valence electrons. The van der Waals surface area contributed by atoms with Crippen molar-refractivity contribution in [3.8, 4) is 17.0 Å². The van der Waals surface area contributed by atoms with E-state index in [9.17, 15) is 9.59 Å². The number of rotatable bonds is 9. The zero-order chi connectivity index (χ0) is 22.1. The molecule has 0 saturated carbocycles. The molecule has 3 rings (SSSR count). The summed E-state index contributed by atoms with van der Waals surface area (Å²) in [6.45, 7) is 5.54. The lowest BCUT2D eigenvalue weighted by molar-refractivity contribution is -0.148. The quantitative estimate of drug-likeness (QED) is 0.293. The molecule has 6 nitrogen and oxygen atoms in total. The van der Waals surface area contributed by atoms with Gasteiger partial charge in [-0.05, 0) is 30.7 Å². The number of ether oxygens (including phenoxy) is 2. The minimum Gasteiger partial charge on any atom is -0.490 e. The monoisotopic (exact) mass is 434 g/mol. The van der Waals surface area contributed by atoms with Crippen molar-refractivity contribution in [3.05, 3.63) is 84.3 Å². The second kappa shape index (κ2) is 10.9. The Morgan fingerprint density at radius 1 is 1.16 bits per heavy atom. The third-order valence-electron chi connectivity index (χ3n) is 4.13. The number of thiazole rings is 1. The van der Waals surface area contributed by atoms with Gasteiger partial charge >= 0.3 is 5.97 Å². The van der Waals surface area contributed by atoms with Crippen LogP contribution in [0.3, 0.4) is 0 Å². The van der Waals surface area contributed by atoms with E-state index in [0.29, 0.717) is 17.5 Å². The molecule has 1 amide bonds. The number of carbonyl (C=O) groups excluding carboxylic acids is 2. The standard InChI is InChI=1S/C24H22N2O4S/c1-3-15-29-20-12-9-18(10-13-20)11-14-22(27)30-17(2)23(28)26-24-25-21(16-31-24)19-7-5-4-6-8-19/h3-14,16-17H,1,15H2,2H3,(H,25,26,28)/b14-11+. The average molecular weight is 435 g/mol. The molecule has 3 aromatic rings. The van der Waals surface area contributed by atoms with Crippen LogP contribution in [0.1, 0.15) is 12.5 Å². The van der Waals surface area contributed by atoms with Crippen LogP contribution in [0.5, 0.6) is 5.75 Å². The summed E-state index contributed by atoms with van der Waals surface area (Å²) in [7, 11) is 0. The Hall–Kier alpha value is -3.71. The summed E-state index contributed by atoms with van der Waals surface area (Å²) in [6.07, 6.45) is 3.59. The first kappa shape index (κ1) is 22.0. The molecular weight excluding hydrogens is 412 g/mol. The molecular formula is C24H22N2O4S. The second-order valence-corrected chi connectivity index (χ2v) is 7.33. The van der Waals surface area contributed by atoms with Crippen molar-refractivity contribution in [2.45, 2.75) is 13.0 Å². The zero-order valence-electron chi connectivity index (χ0n) is 17.0. The molecule has 0 bridgehead atoms. The lowest BCUT2D eigenvalue weighted by atomic mass is 10.2. The summed E-state index contributed by atoms with van der Waals surface area (Å²) in [5.74, 6) is -0.347. The smallest absolute Gasteiger partial charge is 0.331 e. The van der Waals surface area contributed by atoms with Gasteiger partial charge in [0.25, 0.3) is 5.91 Å². The van der Waals surface area contributed by atoms with Gasteiger partial charge in [-0.15, -0.1) is 11.3 Å². The Morgan fingerprint density at radius 3 is 2.61 bits per heavy atom. The van der Waals surface area contributed by atoms with E-state index < -0.39 is 18.0 Å². The number of nitrogens with one attached hydrogen (secondary N) is 1. The molecule has 1 aromatic heterocycles. The molecule has 1 heterocycles. The lowest BCUT2D eigenvalue weighted by Gasteiger charge is -2.10.